The van der Waals surface area contributed by atoms with Gasteiger partial charge >= 0.3 is 0 Å². The Bertz CT molecular complexity index is 353. The molecule has 0 aromatic carbocycles. The third-order valence-corrected chi connectivity index (χ3v) is 1.15. The minimum atomic E-state index is -0.302. The topological polar surface area (TPSA) is 17.1 Å². The summed E-state index contributed by atoms with van der Waals surface area (Å²) in [6.45, 7) is 3.64. The molecule has 0 aliphatic heterocycles. The Kier molecular flexibility index (Phi) is 6.51. The van der Waals surface area contributed by atoms with Gasteiger partial charge in [0.05, 0.1) is 0 Å². The maximum atomic E-state index is 10.3. The van der Waals surface area contributed by atoms with Gasteiger partial charge in [-0.1, -0.05) is 17.8 Å². The fourth-order valence-corrected chi connectivity index (χ4v) is 0.619. The fraction of sp³-hybridized carbons (Fsp3) is 0.182. The second-order valence-electron chi connectivity index (χ2n) is 2.16. The Balaban J connectivity index is 4.19. The maximum absolute atomic E-state index is 10.3. The van der Waals surface area contributed by atoms with Gasteiger partial charge in [0.1, 0.15) is 0 Å². The van der Waals surface area contributed by atoms with Crippen molar-refractivity contribution in [2.75, 3.05) is 0 Å². The van der Waals surface area contributed by atoms with Crippen LogP contribution in [0.25, 0.3) is 0 Å². The summed E-state index contributed by atoms with van der Waals surface area (Å²) in [7, 11) is 0. The average molecular weight is 190 g/mol. The molecule has 0 bridgehead atoms. The average Bonchev–Trinajstić information content (AvgIpc) is 2.03. The van der Waals surface area contributed by atoms with Gasteiger partial charge in [-0.05, 0) is 26.0 Å². The zero-order chi connectivity index (χ0) is 10.1. The molecule has 0 heterocycles. The van der Waals surface area contributed by atoms with E-state index in [0.29, 0.717) is 0 Å². The SMILES string of the molecule is CC#CC(C)=CC#CC=CC(=O)S. The number of carbonyl (C=O) groups excluding carboxylic acids is 1. The molecule has 66 valence electrons. The van der Waals surface area contributed by atoms with E-state index in [4.69, 9.17) is 0 Å². The lowest BCUT2D eigenvalue weighted by Crippen LogP contribution is -1.72. The first kappa shape index (κ1) is 11.6. The molecule has 13 heavy (non-hydrogen) atoms. The Hall–Kier alpha value is -1.38. The lowest BCUT2D eigenvalue weighted by atomic mass is 10.3. The van der Waals surface area contributed by atoms with Crippen molar-refractivity contribution in [2.45, 2.75) is 13.8 Å². The molecule has 0 aliphatic carbocycles. The molecule has 0 unspecified atom stereocenters. The second-order valence-corrected chi connectivity index (χ2v) is 2.60. The van der Waals surface area contributed by atoms with Gasteiger partial charge in [0.15, 0.2) is 0 Å². The maximum Gasteiger partial charge on any atom is 0.209 e. The first-order valence-electron chi connectivity index (χ1n) is 3.67. The summed E-state index contributed by atoms with van der Waals surface area (Å²) in [5.74, 6) is 11.0. The molecule has 0 atom stereocenters. The van der Waals surface area contributed by atoms with E-state index in [1.807, 2.05) is 6.92 Å². The highest BCUT2D eigenvalue weighted by atomic mass is 32.1. The molecule has 0 spiro atoms. The summed E-state index contributed by atoms with van der Waals surface area (Å²) >= 11 is 3.54. The minimum Gasteiger partial charge on any atom is -0.283 e. The third kappa shape index (κ3) is 8.53. The molecule has 0 N–H and O–H groups in total. The van der Waals surface area contributed by atoms with Crippen LogP contribution in [0.4, 0.5) is 0 Å². The van der Waals surface area contributed by atoms with Gasteiger partial charge in [-0.25, -0.2) is 0 Å². The zero-order valence-electron chi connectivity index (χ0n) is 7.59. The molecule has 1 nitrogen and oxygen atoms in total. The van der Waals surface area contributed by atoms with Gasteiger partial charge in [-0.15, -0.1) is 18.5 Å². The largest absolute Gasteiger partial charge is 0.283 e. The number of thiol groups is 1. The van der Waals surface area contributed by atoms with Crippen molar-refractivity contribution in [3.05, 3.63) is 23.8 Å². The van der Waals surface area contributed by atoms with Crippen LogP contribution in [0, 0.1) is 23.7 Å². The van der Waals surface area contributed by atoms with E-state index in [0.717, 1.165) is 5.57 Å². The molecule has 0 amide bonds. The molecular formula is C11H10OS. The van der Waals surface area contributed by atoms with E-state index in [1.54, 1.807) is 13.0 Å². The first-order valence-corrected chi connectivity index (χ1v) is 4.11. The van der Waals surface area contributed by atoms with Gasteiger partial charge in [0.2, 0.25) is 5.12 Å². The first-order chi connectivity index (χ1) is 6.16. The highest BCUT2D eigenvalue weighted by molar-refractivity contribution is 7.97. The van der Waals surface area contributed by atoms with Gasteiger partial charge in [-0.2, -0.15) is 0 Å². The van der Waals surface area contributed by atoms with Gasteiger partial charge in [0, 0.05) is 11.6 Å². The van der Waals surface area contributed by atoms with Crippen molar-refractivity contribution < 1.29 is 4.79 Å². The Labute approximate surface area is 84.3 Å². The number of allylic oxidation sites excluding steroid dienone is 3. The molecule has 2 heteroatoms. The lowest BCUT2D eigenvalue weighted by Gasteiger charge is -1.77. The van der Waals surface area contributed by atoms with Crippen LogP contribution in [0.3, 0.4) is 0 Å². The highest BCUT2D eigenvalue weighted by Gasteiger charge is 1.77. The number of rotatable bonds is 1. The van der Waals surface area contributed by atoms with Crippen LogP contribution < -0.4 is 0 Å². The van der Waals surface area contributed by atoms with E-state index < -0.39 is 0 Å². The molecule has 0 saturated heterocycles. The molecule has 0 aromatic heterocycles. The van der Waals surface area contributed by atoms with Crippen molar-refractivity contribution in [3.8, 4) is 23.7 Å². The Morgan fingerprint density at radius 3 is 2.62 bits per heavy atom. The van der Waals surface area contributed by atoms with Crippen LogP contribution in [-0.4, -0.2) is 5.12 Å². The highest BCUT2D eigenvalue weighted by Crippen LogP contribution is 1.86. The number of carbonyl (C=O) groups is 1. The van der Waals surface area contributed by atoms with E-state index in [1.165, 1.54) is 12.2 Å². The minimum absolute atomic E-state index is 0.302. The quantitative estimate of drug-likeness (QED) is 0.380. The van der Waals surface area contributed by atoms with Crippen molar-refractivity contribution in [1.29, 1.82) is 0 Å². The van der Waals surface area contributed by atoms with Crippen LogP contribution in [-0.2, 0) is 4.79 Å². The summed E-state index contributed by atoms with van der Waals surface area (Å²) < 4.78 is 0. The molecule has 0 aliphatic rings. The lowest BCUT2D eigenvalue weighted by molar-refractivity contribution is -0.106. The Morgan fingerprint density at radius 2 is 2.08 bits per heavy atom. The van der Waals surface area contributed by atoms with E-state index in [2.05, 4.69) is 36.3 Å². The van der Waals surface area contributed by atoms with E-state index in [9.17, 15) is 4.79 Å². The summed E-state index contributed by atoms with van der Waals surface area (Å²) in [6.07, 6.45) is 4.45. The molecule has 0 fully saturated rings. The van der Waals surface area contributed by atoms with Gasteiger partial charge < -0.3 is 0 Å². The third-order valence-electron chi connectivity index (χ3n) is 1.00. The van der Waals surface area contributed by atoms with Crippen LogP contribution in [0.1, 0.15) is 13.8 Å². The normalized spacial score (nSPS) is 9.92. The second kappa shape index (κ2) is 7.28. The van der Waals surface area contributed by atoms with Crippen molar-refractivity contribution in [2.24, 2.45) is 0 Å². The Morgan fingerprint density at radius 1 is 1.38 bits per heavy atom. The monoisotopic (exact) mass is 190 g/mol. The van der Waals surface area contributed by atoms with Crippen LogP contribution in [0.5, 0.6) is 0 Å². The molecule has 0 radical (unpaired) electrons. The van der Waals surface area contributed by atoms with Gasteiger partial charge in [0.25, 0.3) is 0 Å². The van der Waals surface area contributed by atoms with E-state index >= 15 is 0 Å². The van der Waals surface area contributed by atoms with Crippen molar-refractivity contribution in [1.82, 2.24) is 0 Å². The summed E-state index contributed by atoms with van der Waals surface area (Å²) in [4.78, 5) is 10.3. The molecule has 0 saturated carbocycles. The predicted octanol–water partition coefficient (Wildman–Crippen LogP) is 1.97. The van der Waals surface area contributed by atoms with Crippen LogP contribution in [0.2, 0.25) is 0 Å². The van der Waals surface area contributed by atoms with Crippen molar-refractivity contribution >= 4 is 17.7 Å². The molecular weight excluding hydrogens is 180 g/mol. The summed E-state index contributed by atoms with van der Waals surface area (Å²) in [5.41, 5.74) is 0.903. The molecule has 0 rings (SSSR count). The van der Waals surface area contributed by atoms with Crippen molar-refractivity contribution in [3.63, 3.8) is 0 Å². The standard InChI is InChI=1S/C11H10OS/c1-3-7-10(2)8-5-4-6-9-11(12)13/h6,8-9H,1-2H3,(H,12,13). The molecule has 0 aromatic rings. The number of hydrogen-bond acceptors (Lipinski definition) is 1. The fourth-order valence-electron chi connectivity index (χ4n) is 0.544. The summed E-state index contributed by atoms with van der Waals surface area (Å²) in [6, 6.07) is 0. The number of hydrogen-bond donors (Lipinski definition) is 1. The summed E-state index contributed by atoms with van der Waals surface area (Å²) in [5, 5.41) is -0.302. The predicted molar refractivity (Wildman–Crippen MR) is 58.1 cm³/mol. The van der Waals surface area contributed by atoms with Gasteiger partial charge in [-0.3, -0.25) is 4.79 Å². The zero-order valence-corrected chi connectivity index (χ0v) is 8.48. The van der Waals surface area contributed by atoms with Crippen LogP contribution >= 0.6 is 12.6 Å². The van der Waals surface area contributed by atoms with Crippen LogP contribution in [0.15, 0.2) is 23.8 Å². The smallest absolute Gasteiger partial charge is 0.209 e. The van der Waals surface area contributed by atoms with E-state index in [-0.39, 0.29) is 5.12 Å².